The van der Waals surface area contributed by atoms with Gasteiger partial charge in [-0.1, -0.05) is 352 Å². The molecule has 0 saturated carbocycles. The number of anilines is 6. The molecule has 504 valence electrons. The number of hydrogen-bond acceptors (Lipinski definition) is 2. The van der Waals surface area contributed by atoms with Crippen LogP contribution >= 0.6 is 0 Å². The van der Waals surface area contributed by atoms with E-state index in [1.54, 1.807) is 0 Å². The van der Waals surface area contributed by atoms with Crippen LogP contribution in [0.25, 0.3) is 139 Å². The Balaban J connectivity index is 0.918. The van der Waals surface area contributed by atoms with Gasteiger partial charge in [0.15, 0.2) is 0 Å². The molecule has 0 N–H and O–H groups in total. The molecule has 0 aliphatic carbocycles. The van der Waals surface area contributed by atoms with Crippen molar-refractivity contribution in [2.24, 2.45) is 0 Å². The molecule has 2 aliphatic heterocycles. The monoisotopic (exact) mass is 1370 g/mol. The zero-order valence-electron chi connectivity index (χ0n) is 59.1. The lowest BCUT2D eigenvalue weighted by molar-refractivity contribution is 1.09. The number of aromatic nitrogens is 3. The van der Waals surface area contributed by atoms with Gasteiger partial charge in [0.1, 0.15) is 0 Å². The smallest absolute Gasteiger partial charge is 0.252 e. The van der Waals surface area contributed by atoms with Crippen molar-refractivity contribution in [3.63, 3.8) is 0 Å². The Morgan fingerprint density at radius 1 is 0.157 bits per heavy atom. The fourth-order valence-corrected chi connectivity index (χ4v) is 17.6. The van der Waals surface area contributed by atoms with E-state index in [9.17, 15) is 0 Å². The highest BCUT2D eigenvalue weighted by atomic mass is 15.2. The summed E-state index contributed by atoms with van der Waals surface area (Å²) in [6, 6.07) is 153. The van der Waals surface area contributed by atoms with Crippen LogP contribution in [-0.4, -0.2) is 20.4 Å². The van der Waals surface area contributed by atoms with Crippen molar-refractivity contribution >= 4 is 89.5 Å². The van der Waals surface area contributed by atoms with Gasteiger partial charge in [-0.05, 0) is 133 Å². The van der Waals surface area contributed by atoms with Crippen molar-refractivity contribution in [3.8, 4) is 107 Å². The van der Waals surface area contributed by atoms with Gasteiger partial charge in [-0.25, -0.2) is 0 Å². The second-order valence-electron chi connectivity index (χ2n) is 28.2. The predicted octanol–water partition coefficient (Wildman–Crippen LogP) is 24.9. The summed E-state index contributed by atoms with van der Waals surface area (Å²) in [5, 5.41) is 7.08. The number of hydrogen-bond donors (Lipinski definition) is 0. The first-order chi connectivity index (χ1) is 53.6. The third kappa shape index (κ3) is 10.2. The van der Waals surface area contributed by atoms with E-state index < -0.39 is 0 Å². The maximum absolute atomic E-state index is 2.60. The van der Waals surface area contributed by atoms with E-state index in [1.165, 1.54) is 48.7 Å². The molecule has 0 saturated heterocycles. The van der Waals surface area contributed by atoms with Gasteiger partial charge in [0.05, 0.1) is 39.9 Å². The maximum atomic E-state index is 2.60. The van der Waals surface area contributed by atoms with Crippen LogP contribution in [0, 0.1) is 0 Å². The fourth-order valence-electron chi connectivity index (χ4n) is 17.6. The average Bonchev–Trinajstić information content (AvgIpc) is 0.772. The van der Waals surface area contributed by atoms with Gasteiger partial charge in [0.2, 0.25) is 0 Å². The number of nitrogens with zero attached hydrogens (tertiary/aromatic N) is 5. The Hall–Kier alpha value is -14.2. The van der Waals surface area contributed by atoms with Crippen molar-refractivity contribution in [1.82, 2.24) is 13.7 Å². The largest absolute Gasteiger partial charge is 0.311 e. The Labute approximate surface area is 628 Å². The summed E-state index contributed by atoms with van der Waals surface area (Å²) in [5.41, 5.74) is 31.4. The molecular formula is C102H68BN5. The second kappa shape index (κ2) is 25.9. The highest BCUT2D eigenvalue weighted by Gasteiger charge is 2.45. The topological polar surface area (TPSA) is 21.3 Å². The predicted molar refractivity (Wildman–Crippen MR) is 454 cm³/mol. The van der Waals surface area contributed by atoms with Crippen molar-refractivity contribution in [1.29, 1.82) is 0 Å². The summed E-state index contributed by atoms with van der Waals surface area (Å²) >= 11 is 0. The first-order valence-electron chi connectivity index (χ1n) is 37.3. The highest BCUT2D eigenvalue weighted by Crippen LogP contribution is 2.52. The number of benzene rings is 16. The van der Waals surface area contributed by atoms with Crippen molar-refractivity contribution < 1.29 is 0 Å². The van der Waals surface area contributed by atoms with Gasteiger partial charge in [-0.15, -0.1) is 0 Å². The first kappa shape index (κ1) is 62.4. The zero-order valence-corrected chi connectivity index (χ0v) is 59.1. The molecule has 0 unspecified atom stereocenters. The van der Waals surface area contributed by atoms with Gasteiger partial charge in [0.25, 0.3) is 6.71 Å². The normalized spacial score (nSPS) is 12.2. The molecule has 0 amide bonds. The van der Waals surface area contributed by atoms with E-state index in [1.807, 2.05) is 0 Å². The summed E-state index contributed by atoms with van der Waals surface area (Å²) in [4.78, 5) is 5.21. The summed E-state index contributed by atoms with van der Waals surface area (Å²) < 4.78 is 7.68. The third-order valence-electron chi connectivity index (χ3n) is 22.2. The lowest BCUT2D eigenvalue weighted by Gasteiger charge is -2.45. The Kier molecular flexibility index (Phi) is 15.0. The minimum absolute atomic E-state index is 0.278. The first-order valence-corrected chi connectivity index (χ1v) is 37.3. The van der Waals surface area contributed by atoms with E-state index in [0.29, 0.717) is 0 Å². The van der Waals surface area contributed by atoms with Crippen molar-refractivity contribution in [2.45, 2.75) is 0 Å². The van der Waals surface area contributed by atoms with Gasteiger partial charge < -0.3 is 23.5 Å². The maximum Gasteiger partial charge on any atom is 0.252 e. The molecule has 0 radical (unpaired) electrons. The minimum Gasteiger partial charge on any atom is -0.311 e. The van der Waals surface area contributed by atoms with E-state index in [2.05, 4.69) is 436 Å². The van der Waals surface area contributed by atoms with Crippen molar-refractivity contribution in [3.05, 3.63) is 413 Å². The highest BCUT2D eigenvalue weighted by molar-refractivity contribution is 7.00. The molecule has 5 nitrogen and oxygen atoms in total. The van der Waals surface area contributed by atoms with Crippen LogP contribution in [0.3, 0.4) is 0 Å². The van der Waals surface area contributed by atoms with Crippen LogP contribution in [0.1, 0.15) is 0 Å². The van der Waals surface area contributed by atoms with Crippen LogP contribution in [0.2, 0.25) is 0 Å². The molecular weight excluding hydrogens is 1310 g/mol. The van der Waals surface area contributed by atoms with Crippen LogP contribution in [-0.2, 0) is 0 Å². The molecule has 0 atom stereocenters. The number of fused-ring (bicyclic) bond motifs is 7. The molecule has 108 heavy (non-hydrogen) atoms. The minimum atomic E-state index is -0.278. The molecule has 3 aromatic heterocycles. The lowest BCUT2D eigenvalue weighted by atomic mass is 9.33. The summed E-state index contributed by atoms with van der Waals surface area (Å²) in [7, 11) is 0. The molecule has 6 heteroatoms. The lowest BCUT2D eigenvalue weighted by Crippen LogP contribution is -2.61. The van der Waals surface area contributed by atoms with Gasteiger partial charge in [0, 0.05) is 77.8 Å². The summed E-state index contributed by atoms with van der Waals surface area (Å²) in [6.07, 6.45) is 0. The van der Waals surface area contributed by atoms with Crippen LogP contribution in [0.5, 0.6) is 0 Å². The molecule has 0 spiro atoms. The molecule has 16 aromatic carbocycles. The molecule has 21 rings (SSSR count). The van der Waals surface area contributed by atoms with Crippen LogP contribution in [0.15, 0.2) is 413 Å². The average molecular weight is 1370 g/mol. The standard InChI is InChI=1S/C102H68BN5/c1-9-31-69(32-10-1)71-53-57-79(58-54-71)104-92-65-81(106-97(73-35-13-3-14-36-73)84-47-25-26-48-85(84)98(106)74-37-15-4-16-38-74)61-63-90(92)103-91-64-62-82(107-99(75-39-17-5-18-40-75)86-49-27-28-50-87(86)100(107)76-41-19-6-20-42-76)66-93(91)105(80-59-55-72(56-60-80)70-33-11-2-12-34-70)95-68-83(67-94(104)96(95)103)108-101(77-43-21-7-22-44-77)88-51-29-30-52-89(88)102(108)78-45-23-8-24-46-78/h1-68H. The Morgan fingerprint density at radius 2 is 0.361 bits per heavy atom. The summed E-state index contributed by atoms with van der Waals surface area (Å²) in [5.74, 6) is 0. The van der Waals surface area contributed by atoms with Crippen molar-refractivity contribution in [2.75, 3.05) is 9.80 Å². The fraction of sp³-hybridized carbons (Fsp3) is 0. The Bertz CT molecular complexity index is 6060. The van der Waals surface area contributed by atoms with Gasteiger partial charge in [-0.3, -0.25) is 0 Å². The zero-order chi connectivity index (χ0) is 71.2. The summed E-state index contributed by atoms with van der Waals surface area (Å²) in [6.45, 7) is -0.278. The van der Waals surface area contributed by atoms with E-state index in [4.69, 9.17) is 0 Å². The molecule has 0 bridgehead atoms. The molecule has 0 fully saturated rings. The van der Waals surface area contributed by atoms with Crippen LogP contribution < -0.4 is 26.2 Å². The van der Waals surface area contributed by atoms with E-state index in [0.717, 1.165) is 141 Å². The van der Waals surface area contributed by atoms with E-state index in [-0.39, 0.29) is 6.71 Å². The number of rotatable bonds is 13. The second-order valence-corrected chi connectivity index (χ2v) is 28.2. The molecule has 2 aliphatic rings. The molecule has 19 aromatic rings. The van der Waals surface area contributed by atoms with Gasteiger partial charge in [-0.2, -0.15) is 0 Å². The Morgan fingerprint density at radius 3 is 0.620 bits per heavy atom. The van der Waals surface area contributed by atoms with E-state index >= 15 is 0 Å². The molecule has 5 heterocycles. The van der Waals surface area contributed by atoms with Crippen LogP contribution in [0.4, 0.5) is 34.1 Å². The quantitative estimate of drug-likeness (QED) is 0.107. The SMILES string of the molecule is c1ccc(-c2ccc(N3c4cc(-n5c(-c6ccccc6)c6ccccc6c5-c5ccccc5)ccc4B4c5ccc(-n6c(-c7ccccc7)c7ccccc7c6-c6ccccc6)cc5N(c5ccc(-c6ccccc6)cc5)c5cc(-n6c(-c7ccccc7)c7ccccc7c6-c6ccccc6)cc3c54)cc2)cc1. The third-order valence-corrected chi connectivity index (χ3v) is 22.2. The van der Waals surface area contributed by atoms with Gasteiger partial charge >= 0.3 is 0 Å².